The maximum absolute atomic E-state index is 9.01. The van der Waals surface area contributed by atoms with Crippen molar-refractivity contribution in [1.29, 1.82) is 5.26 Å². The minimum Gasteiger partial charge on any atom is -0.497 e. The molecule has 0 fully saturated rings. The van der Waals surface area contributed by atoms with Crippen molar-refractivity contribution in [3.8, 4) is 11.8 Å². The van der Waals surface area contributed by atoms with Gasteiger partial charge in [-0.3, -0.25) is 0 Å². The molecule has 3 aromatic rings. The number of benzene rings is 3. The number of nitriles is 1. The maximum atomic E-state index is 9.01. The van der Waals surface area contributed by atoms with E-state index >= 15 is 0 Å². The van der Waals surface area contributed by atoms with Crippen LogP contribution in [-0.2, 0) is 0 Å². The summed E-state index contributed by atoms with van der Waals surface area (Å²) in [5.41, 5.74) is 4.97. The third kappa shape index (κ3) is 3.23. The molecule has 0 heterocycles. The first-order valence-electron chi connectivity index (χ1n) is 7.72. The van der Waals surface area contributed by atoms with Crippen LogP contribution in [0.25, 0.3) is 0 Å². The van der Waals surface area contributed by atoms with Gasteiger partial charge < -0.3 is 9.64 Å². The van der Waals surface area contributed by atoms with Crippen LogP contribution in [0.3, 0.4) is 0 Å². The standard InChI is InChI=1S/C21H18N2O/c1-16-3-7-18(8-4-16)23(19-9-5-17(15-22)6-10-19)20-11-13-21(24-2)14-12-20/h3-14H,1-2H3. The summed E-state index contributed by atoms with van der Waals surface area (Å²) >= 11 is 0. The Kier molecular flexibility index (Phi) is 4.49. The molecule has 0 amide bonds. The molecule has 0 unspecified atom stereocenters. The average molecular weight is 314 g/mol. The molecule has 0 aliphatic heterocycles. The van der Waals surface area contributed by atoms with Crippen LogP contribution in [0.4, 0.5) is 17.1 Å². The Bertz CT molecular complexity index is 844. The molecule has 118 valence electrons. The highest BCUT2D eigenvalue weighted by Gasteiger charge is 2.12. The highest BCUT2D eigenvalue weighted by Crippen LogP contribution is 2.35. The van der Waals surface area contributed by atoms with Crippen LogP contribution < -0.4 is 9.64 Å². The number of hydrogen-bond acceptors (Lipinski definition) is 3. The van der Waals surface area contributed by atoms with Crippen molar-refractivity contribution in [1.82, 2.24) is 0 Å². The van der Waals surface area contributed by atoms with Gasteiger partial charge in [0, 0.05) is 17.1 Å². The normalized spacial score (nSPS) is 10.0. The first kappa shape index (κ1) is 15.6. The molecule has 0 spiro atoms. The Balaban J connectivity index is 2.08. The van der Waals surface area contributed by atoms with Gasteiger partial charge in [-0.1, -0.05) is 17.7 Å². The third-order valence-corrected chi connectivity index (χ3v) is 3.88. The second-order valence-corrected chi connectivity index (χ2v) is 5.53. The van der Waals surface area contributed by atoms with Gasteiger partial charge in [-0.2, -0.15) is 5.26 Å². The number of rotatable bonds is 4. The van der Waals surface area contributed by atoms with Gasteiger partial charge in [-0.25, -0.2) is 0 Å². The fraction of sp³-hybridized carbons (Fsp3) is 0.0952. The predicted octanol–water partition coefficient (Wildman–Crippen LogP) is 5.35. The molecule has 0 aliphatic rings. The van der Waals surface area contributed by atoms with Crippen molar-refractivity contribution in [2.75, 3.05) is 12.0 Å². The van der Waals surface area contributed by atoms with Gasteiger partial charge >= 0.3 is 0 Å². The van der Waals surface area contributed by atoms with Crippen molar-refractivity contribution in [2.45, 2.75) is 6.92 Å². The summed E-state index contributed by atoms with van der Waals surface area (Å²) in [7, 11) is 1.66. The minimum atomic E-state index is 0.650. The predicted molar refractivity (Wildman–Crippen MR) is 97.1 cm³/mol. The molecule has 0 bridgehead atoms. The average Bonchev–Trinajstić information content (AvgIpc) is 2.64. The van der Waals surface area contributed by atoms with Gasteiger partial charge in [0.25, 0.3) is 0 Å². The highest BCUT2D eigenvalue weighted by molar-refractivity contribution is 5.77. The summed E-state index contributed by atoms with van der Waals surface area (Å²) in [5, 5.41) is 9.01. The van der Waals surface area contributed by atoms with E-state index in [1.54, 1.807) is 7.11 Å². The molecular formula is C21H18N2O. The van der Waals surface area contributed by atoms with E-state index in [4.69, 9.17) is 10.00 Å². The molecule has 0 aliphatic carbocycles. The third-order valence-electron chi connectivity index (χ3n) is 3.88. The molecule has 0 saturated carbocycles. The van der Waals surface area contributed by atoms with Gasteiger partial charge in [0.05, 0.1) is 18.7 Å². The Labute approximate surface area is 142 Å². The summed E-state index contributed by atoms with van der Waals surface area (Å²) in [6.45, 7) is 2.07. The van der Waals surface area contributed by atoms with Crippen molar-refractivity contribution < 1.29 is 4.74 Å². The molecule has 3 nitrogen and oxygen atoms in total. The molecule has 3 rings (SSSR count). The molecule has 3 heteroatoms. The van der Waals surface area contributed by atoms with Gasteiger partial charge in [0.2, 0.25) is 0 Å². The van der Waals surface area contributed by atoms with Gasteiger partial charge in [0.1, 0.15) is 5.75 Å². The number of ether oxygens (including phenoxy) is 1. The second kappa shape index (κ2) is 6.89. The van der Waals surface area contributed by atoms with Crippen LogP contribution in [0, 0.1) is 18.3 Å². The fourth-order valence-electron chi connectivity index (χ4n) is 2.56. The molecule has 0 atom stereocenters. The van der Waals surface area contributed by atoms with E-state index in [2.05, 4.69) is 42.2 Å². The van der Waals surface area contributed by atoms with Gasteiger partial charge in [-0.15, -0.1) is 0 Å². The Morgan fingerprint density at radius 1 is 0.750 bits per heavy atom. The lowest BCUT2D eigenvalue weighted by atomic mass is 10.1. The van der Waals surface area contributed by atoms with Crippen molar-refractivity contribution in [3.63, 3.8) is 0 Å². The van der Waals surface area contributed by atoms with Crippen molar-refractivity contribution in [3.05, 3.63) is 83.9 Å². The number of anilines is 3. The topological polar surface area (TPSA) is 36.3 Å². The molecule has 0 radical (unpaired) electrons. The Morgan fingerprint density at radius 3 is 1.67 bits per heavy atom. The second-order valence-electron chi connectivity index (χ2n) is 5.53. The van der Waals surface area contributed by atoms with E-state index in [1.807, 2.05) is 48.5 Å². The monoisotopic (exact) mass is 314 g/mol. The summed E-state index contributed by atoms with van der Waals surface area (Å²) < 4.78 is 5.25. The molecular weight excluding hydrogens is 296 g/mol. The smallest absolute Gasteiger partial charge is 0.119 e. The minimum absolute atomic E-state index is 0.650. The lowest BCUT2D eigenvalue weighted by Gasteiger charge is -2.25. The molecule has 0 aromatic heterocycles. The summed E-state index contributed by atoms with van der Waals surface area (Å²) in [5.74, 6) is 0.822. The Morgan fingerprint density at radius 2 is 1.21 bits per heavy atom. The SMILES string of the molecule is COc1ccc(N(c2ccc(C)cc2)c2ccc(C#N)cc2)cc1. The van der Waals surface area contributed by atoms with Crippen LogP contribution in [0.5, 0.6) is 5.75 Å². The molecule has 3 aromatic carbocycles. The van der Waals surface area contributed by atoms with Crippen molar-refractivity contribution >= 4 is 17.1 Å². The zero-order valence-electron chi connectivity index (χ0n) is 13.7. The van der Waals surface area contributed by atoms with Crippen LogP contribution >= 0.6 is 0 Å². The first-order chi connectivity index (χ1) is 11.7. The van der Waals surface area contributed by atoms with E-state index in [1.165, 1.54) is 5.56 Å². The van der Waals surface area contributed by atoms with Crippen LogP contribution in [0.15, 0.2) is 72.8 Å². The largest absolute Gasteiger partial charge is 0.497 e. The van der Waals surface area contributed by atoms with Crippen LogP contribution in [0.1, 0.15) is 11.1 Å². The number of hydrogen-bond donors (Lipinski definition) is 0. The van der Waals surface area contributed by atoms with Crippen LogP contribution in [0.2, 0.25) is 0 Å². The van der Waals surface area contributed by atoms with E-state index in [0.717, 1.165) is 22.8 Å². The summed E-state index contributed by atoms with van der Waals surface area (Å²) in [6.07, 6.45) is 0. The number of methoxy groups -OCH3 is 1. The van der Waals surface area contributed by atoms with E-state index in [-0.39, 0.29) is 0 Å². The lowest BCUT2D eigenvalue weighted by Crippen LogP contribution is -2.09. The zero-order valence-corrected chi connectivity index (χ0v) is 13.7. The molecule has 0 N–H and O–H groups in total. The van der Waals surface area contributed by atoms with Gasteiger partial charge in [0.15, 0.2) is 0 Å². The van der Waals surface area contributed by atoms with Crippen molar-refractivity contribution in [2.24, 2.45) is 0 Å². The van der Waals surface area contributed by atoms with Gasteiger partial charge in [-0.05, 0) is 67.6 Å². The van der Waals surface area contributed by atoms with E-state index < -0.39 is 0 Å². The highest BCUT2D eigenvalue weighted by atomic mass is 16.5. The number of nitrogens with zero attached hydrogens (tertiary/aromatic N) is 2. The quantitative estimate of drug-likeness (QED) is 0.651. The lowest BCUT2D eigenvalue weighted by molar-refractivity contribution is 0.415. The van der Waals surface area contributed by atoms with E-state index in [9.17, 15) is 0 Å². The molecule has 0 saturated heterocycles. The maximum Gasteiger partial charge on any atom is 0.119 e. The first-order valence-corrected chi connectivity index (χ1v) is 7.72. The van der Waals surface area contributed by atoms with Crippen LogP contribution in [-0.4, -0.2) is 7.11 Å². The summed E-state index contributed by atoms with van der Waals surface area (Å²) in [6, 6.07) is 26.1. The number of aryl methyl sites for hydroxylation is 1. The Hall–Kier alpha value is -3.25. The summed E-state index contributed by atoms with van der Waals surface area (Å²) in [4.78, 5) is 2.15. The molecule has 24 heavy (non-hydrogen) atoms. The zero-order chi connectivity index (χ0) is 16.9. The van der Waals surface area contributed by atoms with E-state index in [0.29, 0.717) is 5.56 Å². The fourth-order valence-corrected chi connectivity index (χ4v) is 2.56.